The topological polar surface area (TPSA) is 96.6 Å². The van der Waals surface area contributed by atoms with Gasteiger partial charge < -0.3 is 29.4 Å². The summed E-state index contributed by atoms with van der Waals surface area (Å²) in [5.74, 6) is -1.40. The first kappa shape index (κ1) is 16.0. The molecule has 0 unspecified atom stereocenters. The van der Waals surface area contributed by atoms with Crippen molar-refractivity contribution in [3.05, 3.63) is 0 Å². The van der Waals surface area contributed by atoms with Crippen molar-refractivity contribution in [2.75, 3.05) is 6.61 Å². The summed E-state index contributed by atoms with van der Waals surface area (Å²) >= 11 is 4.80. The van der Waals surface area contributed by atoms with Crippen molar-refractivity contribution in [3.8, 4) is 0 Å². The van der Waals surface area contributed by atoms with Crippen molar-refractivity contribution < 1.29 is 23.7 Å². The number of rotatable bonds is 2. The smallest absolute Gasteiger partial charge is 0.193 e. The lowest BCUT2D eigenvalue weighted by atomic mass is 10.1. The van der Waals surface area contributed by atoms with Crippen molar-refractivity contribution in [1.29, 1.82) is 0 Å². The number of hydrazone groups is 1. The van der Waals surface area contributed by atoms with E-state index in [1.807, 2.05) is 27.7 Å². The summed E-state index contributed by atoms with van der Waals surface area (Å²) in [6.07, 6.45) is -1.73. The third-order valence-electron chi connectivity index (χ3n) is 3.58. The van der Waals surface area contributed by atoms with E-state index in [1.54, 1.807) is 0 Å². The molecule has 0 saturated carbocycles. The Bertz CT molecular complexity index is 510. The second-order valence-corrected chi connectivity index (χ2v) is 6.80. The quantitative estimate of drug-likeness (QED) is 0.547. The summed E-state index contributed by atoms with van der Waals surface area (Å²) in [5, 5.41) is 4.31. The highest BCUT2D eigenvalue weighted by atomic mass is 32.1. The fourth-order valence-corrected chi connectivity index (χ4v) is 2.84. The van der Waals surface area contributed by atoms with Crippen LogP contribution in [0.4, 0.5) is 0 Å². The standard InChI is InChI=1S/C13H21N3O5S/c1-12(2)17-5-6(19-12)8-7(15-16-11(14)22)9-10(18-8)21-13(3,4)20-9/h6,8-10H,5H2,1-4H3,(H3,14,16,22)/b15-7-/t6-,8-,9-,10-/m1/s1. The number of hydrogen-bond acceptors (Lipinski definition) is 7. The van der Waals surface area contributed by atoms with Crippen LogP contribution in [-0.2, 0) is 23.7 Å². The predicted octanol–water partition coefficient (Wildman–Crippen LogP) is 0.204. The van der Waals surface area contributed by atoms with Crippen molar-refractivity contribution in [2.45, 2.75) is 63.9 Å². The van der Waals surface area contributed by atoms with Crippen LogP contribution in [0.1, 0.15) is 27.7 Å². The molecule has 0 aromatic rings. The van der Waals surface area contributed by atoms with Crippen molar-refractivity contribution in [2.24, 2.45) is 10.8 Å². The summed E-state index contributed by atoms with van der Waals surface area (Å²) in [4.78, 5) is 0. The zero-order chi connectivity index (χ0) is 16.1. The first-order valence-electron chi connectivity index (χ1n) is 7.13. The summed E-state index contributed by atoms with van der Waals surface area (Å²) in [7, 11) is 0. The summed E-state index contributed by atoms with van der Waals surface area (Å²) in [6, 6.07) is 0. The maximum Gasteiger partial charge on any atom is 0.193 e. The maximum absolute atomic E-state index is 5.94. The van der Waals surface area contributed by atoms with E-state index in [4.69, 9.17) is 41.6 Å². The normalized spacial score (nSPS) is 40.8. The number of fused-ring (bicyclic) bond motifs is 1. The largest absolute Gasteiger partial charge is 0.375 e. The van der Waals surface area contributed by atoms with Gasteiger partial charge in [-0.25, -0.2) is 0 Å². The van der Waals surface area contributed by atoms with Gasteiger partial charge in [0.2, 0.25) is 0 Å². The lowest BCUT2D eigenvalue weighted by Gasteiger charge is -2.24. The van der Waals surface area contributed by atoms with Gasteiger partial charge in [-0.15, -0.1) is 0 Å². The van der Waals surface area contributed by atoms with Gasteiger partial charge in [0.25, 0.3) is 0 Å². The Morgan fingerprint density at radius 2 is 1.91 bits per heavy atom. The second kappa shape index (κ2) is 5.36. The van der Waals surface area contributed by atoms with Crippen LogP contribution in [-0.4, -0.2) is 53.6 Å². The molecule has 3 fully saturated rings. The first-order valence-corrected chi connectivity index (χ1v) is 7.53. The van der Waals surface area contributed by atoms with Gasteiger partial charge in [-0.05, 0) is 39.9 Å². The second-order valence-electron chi connectivity index (χ2n) is 6.36. The maximum atomic E-state index is 5.94. The van der Waals surface area contributed by atoms with Crippen LogP contribution in [0.15, 0.2) is 5.10 Å². The fraction of sp³-hybridized carbons (Fsp3) is 0.846. The van der Waals surface area contributed by atoms with Crippen molar-refractivity contribution in [1.82, 2.24) is 5.43 Å². The van der Waals surface area contributed by atoms with Crippen LogP contribution in [0.25, 0.3) is 0 Å². The fourth-order valence-electron chi connectivity index (χ4n) is 2.80. The number of ether oxygens (including phenoxy) is 5. The third-order valence-corrected chi connectivity index (χ3v) is 3.68. The van der Waals surface area contributed by atoms with E-state index in [-0.39, 0.29) is 11.2 Å². The molecule has 3 aliphatic rings. The Kier molecular flexibility index (Phi) is 3.91. The van der Waals surface area contributed by atoms with E-state index in [2.05, 4.69) is 10.5 Å². The predicted molar refractivity (Wildman–Crippen MR) is 81.0 cm³/mol. The third kappa shape index (κ3) is 3.10. The highest BCUT2D eigenvalue weighted by Crippen LogP contribution is 2.39. The van der Waals surface area contributed by atoms with Crippen LogP contribution < -0.4 is 11.2 Å². The Balaban J connectivity index is 1.81. The van der Waals surface area contributed by atoms with Gasteiger partial charge in [0.1, 0.15) is 17.9 Å². The molecule has 3 saturated heterocycles. The van der Waals surface area contributed by atoms with Gasteiger partial charge >= 0.3 is 0 Å². The number of hydrogen-bond donors (Lipinski definition) is 2. The van der Waals surface area contributed by atoms with E-state index < -0.39 is 30.1 Å². The van der Waals surface area contributed by atoms with Gasteiger partial charge in [0.05, 0.1) is 6.61 Å². The van der Waals surface area contributed by atoms with Crippen molar-refractivity contribution in [3.63, 3.8) is 0 Å². The summed E-state index contributed by atoms with van der Waals surface area (Å²) in [6.45, 7) is 7.74. The lowest BCUT2D eigenvalue weighted by molar-refractivity contribution is -0.211. The SMILES string of the molecule is CC1(C)O[C@H]2O[C@H]([C@H]3COC(C)(C)O3)/C(=N/NC(N)=S)[C@H]2O1. The molecule has 3 N–H and O–H groups in total. The van der Waals surface area contributed by atoms with Gasteiger partial charge in [-0.2, -0.15) is 5.10 Å². The Labute approximate surface area is 134 Å². The zero-order valence-electron chi connectivity index (χ0n) is 13.0. The van der Waals surface area contributed by atoms with E-state index in [1.165, 1.54) is 0 Å². The summed E-state index contributed by atoms with van der Waals surface area (Å²) < 4.78 is 29.0. The molecule has 3 aliphatic heterocycles. The van der Waals surface area contributed by atoms with Gasteiger partial charge in [-0.3, -0.25) is 5.43 Å². The van der Waals surface area contributed by atoms with Crippen LogP contribution in [0, 0.1) is 0 Å². The zero-order valence-corrected chi connectivity index (χ0v) is 13.8. The van der Waals surface area contributed by atoms with E-state index in [9.17, 15) is 0 Å². The molecule has 22 heavy (non-hydrogen) atoms. The molecule has 0 amide bonds. The molecule has 9 heteroatoms. The van der Waals surface area contributed by atoms with Crippen LogP contribution >= 0.6 is 12.2 Å². The van der Waals surface area contributed by atoms with E-state index >= 15 is 0 Å². The molecule has 0 aromatic carbocycles. The minimum absolute atomic E-state index is 0.0665. The monoisotopic (exact) mass is 331 g/mol. The molecule has 3 rings (SSSR count). The molecular weight excluding hydrogens is 310 g/mol. The molecule has 124 valence electrons. The first-order chi connectivity index (χ1) is 10.2. The molecule has 4 atom stereocenters. The van der Waals surface area contributed by atoms with Crippen molar-refractivity contribution >= 4 is 23.0 Å². The Morgan fingerprint density at radius 3 is 2.50 bits per heavy atom. The van der Waals surface area contributed by atoms with Crippen LogP contribution in [0.5, 0.6) is 0 Å². The van der Waals surface area contributed by atoms with E-state index in [0.717, 1.165) is 0 Å². The summed E-state index contributed by atoms with van der Waals surface area (Å²) in [5.41, 5.74) is 8.64. The Hall–Kier alpha value is -0.840. The van der Waals surface area contributed by atoms with Crippen LogP contribution in [0.2, 0.25) is 0 Å². The average Bonchev–Trinajstić information content (AvgIpc) is 2.96. The molecule has 3 heterocycles. The molecule has 0 radical (unpaired) electrons. The minimum atomic E-state index is -0.739. The minimum Gasteiger partial charge on any atom is -0.375 e. The number of nitrogens with zero attached hydrogens (tertiary/aromatic N) is 1. The van der Waals surface area contributed by atoms with E-state index in [0.29, 0.717) is 12.3 Å². The highest BCUT2D eigenvalue weighted by molar-refractivity contribution is 7.80. The van der Waals surface area contributed by atoms with Gasteiger partial charge in [0.15, 0.2) is 29.1 Å². The lowest BCUT2D eigenvalue weighted by Crippen LogP contribution is -2.41. The number of thiocarbonyl (C=S) groups is 1. The Morgan fingerprint density at radius 1 is 1.18 bits per heavy atom. The average molecular weight is 331 g/mol. The van der Waals surface area contributed by atoms with Crippen LogP contribution in [0.3, 0.4) is 0 Å². The number of nitrogens with one attached hydrogen (secondary N) is 1. The van der Waals surface area contributed by atoms with Gasteiger partial charge in [-0.1, -0.05) is 0 Å². The van der Waals surface area contributed by atoms with Gasteiger partial charge in [0, 0.05) is 0 Å². The molecule has 0 spiro atoms. The molecule has 0 aliphatic carbocycles. The molecular formula is C13H21N3O5S. The molecule has 0 bridgehead atoms. The molecule has 8 nitrogen and oxygen atoms in total. The highest BCUT2D eigenvalue weighted by Gasteiger charge is 2.56. The molecule has 0 aromatic heterocycles. The number of nitrogens with two attached hydrogens (primary N) is 1.